The lowest BCUT2D eigenvalue weighted by atomic mass is 10.1. The van der Waals surface area contributed by atoms with Crippen LogP contribution >= 0.6 is 0 Å². The van der Waals surface area contributed by atoms with Crippen LogP contribution in [0.15, 0.2) is 36.5 Å². The van der Waals surface area contributed by atoms with Crippen LogP contribution in [0.2, 0.25) is 0 Å². The highest BCUT2D eigenvalue weighted by atomic mass is 16.5. The number of aromatic nitrogens is 2. The molecule has 0 amide bonds. The Kier molecular flexibility index (Phi) is 5.47. The van der Waals surface area contributed by atoms with E-state index in [1.54, 1.807) is 0 Å². The Morgan fingerprint density at radius 2 is 2.09 bits per heavy atom. The topological polar surface area (TPSA) is 30.3 Å². The maximum absolute atomic E-state index is 5.96. The van der Waals surface area contributed by atoms with Crippen molar-refractivity contribution in [3.8, 4) is 0 Å². The molecular weight excluding hydrogens is 286 g/mol. The van der Waals surface area contributed by atoms with Crippen molar-refractivity contribution in [1.29, 1.82) is 0 Å². The van der Waals surface area contributed by atoms with Gasteiger partial charge in [-0.15, -0.1) is 0 Å². The zero-order valence-electron chi connectivity index (χ0n) is 14.2. The maximum Gasteiger partial charge on any atom is 0.105 e. The molecule has 1 atom stereocenters. The quantitative estimate of drug-likeness (QED) is 0.821. The van der Waals surface area contributed by atoms with Crippen LogP contribution in [0.4, 0.5) is 0 Å². The van der Waals surface area contributed by atoms with E-state index in [9.17, 15) is 0 Å². The summed E-state index contributed by atoms with van der Waals surface area (Å²) in [6.07, 6.45) is 5.82. The van der Waals surface area contributed by atoms with Gasteiger partial charge >= 0.3 is 0 Å². The minimum absolute atomic E-state index is 0.363. The monoisotopic (exact) mass is 313 g/mol. The van der Waals surface area contributed by atoms with E-state index in [1.165, 1.54) is 17.7 Å². The van der Waals surface area contributed by atoms with Crippen LogP contribution in [0.1, 0.15) is 29.9 Å². The average Bonchev–Trinajstić information content (AvgIpc) is 2.88. The van der Waals surface area contributed by atoms with Gasteiger partial charge in [-0.05, 0) is 31.7 Å². The van der Waals surface area contributed by atoms with Crippen molar-refractivity contribution >= 4 is 0 Å². The highest BCUT2D eigenvalue weighted by Gasteiger charge is 2.21. The number of morpholine rings is 1. The molecule has 4 heteroatoms. The Balaban J connectivity index is 1.45. The number of hydrogen-bond acceptors (Lipinski definition) is 3. The molecule has 1 aromatic carbocycles. The van der Waals surface area contributed by atoms with Gasteiger partial charge in [0.2, 0.25) is 0 Å². The second-order valence-corrected chi connectivity index (χ2v) is 6.46. The predicted molar refractivity (Wildman–Crippen MR) is 92.3 cm³/mol. The fraction of sp³-hybridized carbons (Fsp3) is 0.526. The lowest BCUT2D eigenvalue weighted by Gasteiger charge is -2.33. The average molecular weight is 313 g/mol. The first-order valence-corrected chi connectivity index (χ1v) is 8.57. The van der Waals surface area contributed by atoms with Crippen molar-refractivity contribution in [3.05, 3.63) is 53.6 Å². The van der Waals surface area contributed by atoms with Gasteiger partial charge < -0.3 is 9.30 Å². The van der Waals surface area contributed by atoms with E-state index in [4.69, 9.17) is 4.74 Å². The molecule has 1 unspecified atom stereocenters. The van der Waals surface area contributed by atoms with Crippen LogP contribution in [0, 0.1) is 6.92 Å². The molecule has 0 spiro atoms. The molecule has 4 nitrogen and oxygen atoms in total. The van der Waals surface area contributed by atoms with Gasteiger partial charge in [-0.1, -0.05) is 30.3 Å². The molecule has 0 radical (unpaired) electrons. The van der Waals surface area contributed by atoms with E-state index in [1.807, 2.05) is 6.20 Å². The van der Waals surface area contributed by atoms with Crippen LogP contribution < -0.4 is 0 Å². The highest BCUT2D eigenvalue weighted by Crippen LogP contribution is 2.15. The molecule has 0 N–H and O–H groups in total. The molecule has 1 saturated heterocycles. The summed E-state index contributed by atoms with van der Waals surface area (Å²) in [5.74, 6) is 1.08. The largest absolute Gasteiger partial charge is 0.376 e. The fourth-order valence-corrected chi connectivity index (χ4v) is 3.20. The minimum atomic E-state index is 0.363. The van der Waals surface area contributed by atoms with Gasteiger partial charge in [0.1, 0.15) is 5.82 Å². The third-order valence-electron chi connectivity index (χ3n) is 4.76. The third kappa shape index (κ3) is 4.43. The Labute approximate surface area is 139 Å². The van der Waals surface area contributed by atoms with Gasteiger partial charge in [0, 0.05) is 32.9 Å². The van der Waals surface area contributed by atoms with Crippen molar-refractivity contribution < 1.29 is 4.74 Å². The van der Waals surface area contributed by atoms with Gasteiger partial charge in [-0.3, -0.25) is 4.90 Å². The second kappa shape index (κ2) is 7.75. The Hall–Kier alpha value is -1.65. The smallest absolute Gasteiger partial charge is 0.105 e. The summed E-state index contributed by atoms with van der Waals surface area (Å²) in [4.78, 5) is 6.88. The molecular formula is C19H27N3O. The van der Waals surface area contributed by atoms with Crippen molar-refractivity contribution in [3.63, 3.8) is 0 Å². The van der Waals surface area contributed by atoms with Gasteiger partial charge in [0.15, 0.2) is 0 Å². The Morgan fingerprint density at radius 3 is 2.83 bits per heavy atom. The molecule has 1 aliphatic heterocycles. The lowest BCUT2D eigenvalue weighted by Crippen LogP contribution is -2.42. The lowest BCUT2D eigenvalue weighted by molar-refractivity contribution is -0.0360. The van der Waals surface area contributed by atoms with Crippen molar-refractivity contribution in [2.75, 3.05) is 19.7 Å². The van der Waals surface area contributed by atoms with E-state index in [2.05, 4.69) is 58.8 Å². The standard InChI is InChI=1S/C19H27N3O/c1-16-20-13-18(21(16)2)14-22-11-12-23-19(15-22)10-6-9-17-7-4-3-5-8-17/h3-5,7-8,13,19H,6,9-12,14-15H2,1-2H3. The number of imidazole rings is 1. The number of benzene rings is 1. The first-order valence-electron chi connectivity index (χ1n) is 8.57. The fourth-order valence-electron chi connectivity index (χ4n) is 3.20. The van der Waals surface area contributed by atoms with E-state index in [-0.39, 0.29) is 0 Å². The zero-order valence-corrected chi connectivity index (χ0v) is 14.2. The SMILES string of the molecule is Cc1ncc(CN2CCOC(CCCc3ccccc3)C2)n1C. The first kappa shape index (κ1) is 16.2. The maximum atomic E-state index is 5.96. The van der Waals surface area contributed by atoms with Gasteiger partial charge in [0.05, 0.1) is 18.4 Å². The molecule has 23 heavy (non-hydrogen) atoms. The third-order valence-corrected chi connectivity index (χ3v) is 4.76. The number of ether oxygens (including phenoxy) is 1. The van der Waals surface area contributed by atoms with Crippen LogP contribution in [0.3, 0.4) is 0 Å². The van der Waals surface area contributed by atoms with E-state index < -0.39 is 0 Å². The molecule has 0 bridgehead atoms. The number of aryl methyl sites for hydroxylation is 2. The summed E-state index contributed by atoms with van der Waals surface area (Å²) in [5, 5.41) is 0. The molecule has 2 heterocycles. The van der Waals surface area contributed by atoms with Gasteiger partial charge in [-0.25, -0.2) is 4.98 Å². The van der Waals surface area contributed by atoms with Crippen molar-refractivity contribution in [2.45, 2.75) is 38.8 Å². The van der Waals surface area contributed by atoms with Crippen LogP contribution in [0.5, 0.6) is 0 Å². The summed E-state index contributed by atoms with van der Waals surface area (Å²) >= 11 is 0. The summed E-state index contributed by atoms with van der Waals surface area (Å²) in [6.45, 7) is 5.90. The summed E-state index contributed by atoms with van der Waals surface area (Å²) in [6, 6.07) is 10.7. The first-order chi connectivity index (χ1) is 11.2. The van der Waals surface area contributed by atoms with Crippen LogP contribution in [-0.4, -0.2) is 40.3 Å². The second-order valence-electron chi connectivity index (χ2n) is 6.46. The molecule has 124 valence electrons. The molecule has 3 rings (SSSR count). The molecule has 2 aromatic rings. The molecule has 1 aliphatic rings. The minimum Gasteiger partial charge on any atom is -0.376 e. The number of hydrogen-bond donors (Lipinski definition) is 0. The van der Waals surface area contributed by atoms with Crippen molar-refractivity contribution in [1.82, 2.24) is 14.5 Å². The van der Waals surface area contributed by atoms with Crippen molar-refractivity contribution in [2.24, 2.45) is 7.05 Å². The van der Waals surface area contributed by atoms with Gasteiger partial charge in [-0.2, -0.15) is 0 Å². The number of rotatable bonds is 6. The Morgan fingerprint density at radius 1 is 1.26 bits per heavy atom. The van der Waals surface area contributed by atoms with E-state index in [0.717, 1.165) is 44.9 Å². The highest BCUT2D eigenvalue weighted by molar-refractivity contribution is 5.14. The summed E-state index contributed by atoms with van der Waals surface area (Å²) in [5.41, 5.74) is 2.71. The molecule has 1 fully saturated rings. The molecule has 0 saturated carbocycles. The number of nitrogens with zero attached hydrogens (tertiary/aromatic N) is 3. The van der Waals surface area contributed by atoms with Crippen LogP contribution in [-0.2, 0) is 24.8 Å². The predicted octanol–water partition coefficient (Wildman–Crippen LogP) is 2.95. The normalized spacial score (nSPS) is 19.1. The summed E-state index contributed by atoms with van der Waals surface area (Å²) in [7, 11) is 2.09. The van der Waals surface area contributed by atoms with E-state index in [0.29, 0.717) is 6.10 Å². The summed E-state index contributed by atoms with van der Waals surface area (Å²) < 4.78 is 8.14. The Bertz CT molecular complexity index is 608. The molecule has 1 aromatic heterocycles. The van der Waals surface area contributed by atoms with Crippen LogP contribution in [0.25, 0.3) is 0 Å². The van der Waals surface area contributed by atoms with E-state index >= 15 is 0 Å². The van der Waals surface area contributed by atoms with Gasteiger partial charge in [0.25, 0.3) is 0 Å². The zero-order chi connectivity index (χ0) is 16.1. The molecule has 0 aliphatic carbocycles.